The molecule has 1 fully saturated rings. The van der Waals surface area contributed by atoms with Crippen LogP contribution in [-0.2, 0) is 18.3 Å². The number of imidazole rings is 1. The first-order valence-electron chi connectivity index (χ1n) is 11.1. The van der Waals surface area contributed by atoms with Gasteiger partial charge in [0.1, 0.15) is 11.6 Å². The van der Waals surface area contributed by atoms with Crippen molar-refractivity contribution in [3.05, 3.63) is 65.4 Å². The lowest BCUT2D eigenvalue weighted by atomic mass is 9.87. The minimum atomic E-state index is -0.819. The van der Waals surface area contributed by atoms with Crippen LogP contribution in [-0.4, -0.2) is 48.0 Å². The van der Waals surface area contributed by atoms with E-state index in [-0.39, 0.29) is 17.4 Å². The Morgan fingerprint density at radius 1 is 1.03 bits per heavy atom. The van der Waals surface area contributed by atoms with Crippen molar-refractivity contribution in [2.75, 3.05) is 23.7 Å². The van der Waals surface area contributed by atoms with Crippen LogP contribution in [0.1, 0.15) is 36.2 Å². The van der Waals surface area contributed by atoms with E-state index in [1.54, 1.807) is 18.6 Å². The number of aromatic amines is 1. The second kappa shape index (κ2) is 7.57. The molecule has 9 nitrogen and oxygen atoms in total. The largest absolute Gasteiger partial charge is 0.368 e. The van der Waals surface area contributed by atoms with E-state index in [2.05, 4.69) is 41.8 Å². The maximum Gasteiger partial charge on any atom is 0.219 e. The summed E-state index contributed by atoms with van der Waals surface area (Å²) < 4.78 is 30.0. The maximum atomic E-state index is 13.9. The van der Waals surface area contributed by atoms with Crippen molar-refractivity contribution in [3.8, 4) is 11.4 Å². The highest BCUT2D eigenvalue weighted by Gasteiger charge is 2.40. The van der Waals surface area contributed by atoms with Crippen molar-refractivity contribution in [3.63, 3.8) is 0 Å². The lowest BCUT2D eigenvalue weighted by Gasteiger charge is -2.27. The molecular weight excluding hydrogens is 440 g/mol. The molecule has 3 N–H and O–H groups in total. The summed E-state index contributed by atoms with van der Waals surface area (Å²) in [6, 6.07) is 2.57. The Labute approximate surface area is 194 Å². The molecule has 0 amide bonds. The monoisotopic (exact) mass is 463 g/mol. The van der Waals surface area contributed by atoms with Gasteiger partial charge in [0, 0.05) is 36.9 Å². The summed E-state index contributed by atoms with van der Waals surface area (Å²) >= 11 is 0. The molecule has 0 spiro atoms. The lowest BCUT2D eigenvalue weighted by Crippen LogP contribution is -2.30. The Bertz CT molecular complexity index is 1320. The van der Waals surface area contributed by atoms with E-state index in [9.17, 15) is 8.78 Å². The molecule has 4 heterocycles. The standard InChI is InChI=1S/C23H23F2N9/c1-23(19-10-30-32-31-19)2-3-33(12-23)20-11-27-21(15-8-28-22(26)29-9-15)34(20)16-4-13-6-17(24)18(25)7-14(13)5-16/h6-11,16H,2-5,12H2,1H3,(H2,26,28,29)(H,30,31,32). The average Bonchev–Trinajstić information content (AvgIpc) is 3.60. The third-order valence-electron chi connectivity index (χ3n) is 7.06. The number of anilines is 2. The Morgan fingerprint density at radius 3 is 2.38 bits per heavy atom. The van der Waals surface area contributed by atoms with Gasteiger partial charge in [0.05, 0.1) is 23.7 Å². The summed E-state index contributed by atoms with van der Waals surface area (Å²) in [5.41, 5.74) is 8.82. The predicted octanol–water partition coefficient (Wildman–Crippen LogP) is 2.83. The zero-order valence-electron chi connectivity index (χ0n) is 18.5. The molecule has 1 aromatic carbocycles. The van der Waals surface area contributed by atoms with Gasteiger partial charge in [0.15, 0.2) is 11.6 Å². The van der Waals surface area contributed by atoms with Gasteiger partial charge in [-0.15, -0.1) is 0 Å². The van der Waals surface area contributed by atoms with E-state index in [0.717, 1.165) is 47.7 Å². The molecule has 0 bridgehead atoms. The molecule has 0 radical (unpaired) electrons. The lowest BCUT2D eigenvalue weighted by molar-refractivity contribution is 0.506. The van der Waals surface area contributed by atoms with E-state index in [0.29, 0.717) is 18.7 Å². The highest BCUT2D eigenvalue weighted by molar-refractivity contribution is 5.60. The Hall–Kier alpha value is -3.89. The number of hydrogen-bond donors (Lipinski definition) is 2. The van der Waals surface area contributed by atoms with Crippen LogP contribution in [0.25, 0.3) is 11.4 Å². The topological polar surface area (TPSA) is 114 Å². The molecule has 1 saturated heterocycles. The molecule has 174 valence electrons. The van der Waals surface area contributed by atoms with E-state index in [4.69, 9.17) is 10.7 Å². The smallest absolute Gasteiger partial charge is 0.219 e. The second-order valence-corrected chi connectivity index (χ2v) is 9.32. The highest BCUT2D eigenvalue weighted by Crippen LogP contribution is 2.41. The van der Waals surface area contributed by atoms with Gasteiger partial charge in [-0.05, 0) is 42.5 Å². The summed E-state index contributed by atoms with van der Waals surface area (Å²) in [4.78, 5) is 15.3. The number of nitrogens with one attached hydrogen (secondary N) is 1. The number of fused-ring (bicyclic) bond motifs is 1. The summed E-state index contributed by atoms with van der Waals surface area (Å²) in [6.45, 7) is 3.73. The van der Waals surface area contributed by atoms with Gasteiger partial charge in [-0.2, -0.15) is 15.4 Å². The molecule has 6 rings (SSSR count). The zero-order valence-corrected chi connectivity index (χ0v) is 18.5. The van der Waals surface area contributed by atoms with Crippen LogP contribution >= 0.6 is 0 Å². The normalized spacial score (nSPS) is 20.3. The summed E-state index contributed by atoms with van der Waals surface area (Å²) in [6.07, 6.45) is 8.98. The van der Waals surface area contributed by atoms with Crippen molar-refractivity contribution < 1.29 is 8.78 Å². The SMILES string of the molecule is CC1(c2cn[nH]n2)CCN(c2cnc(-c3cnc(N)nc3)n2C2Cc3cc(F)c(F)cc3C2)C1. The average molecular weight is 463 g/mol. The number of halogens is 2. The number of benzene rings is 1. The van der Waals surface area contributed by atoms with E-state index < -0.39 is 11.6 Å². The van der Waals surface area contributed by atoms with Crippen molar-refractivity contribution in [1.82, 2.24) is 34.9 Å². The Morgan fingerprint density at radius 2 is 1.74 bits per heavy atom. The number of nitrogen functional groups attached to an aromatic ring is 1. The zero-order chi connectivity index (χ0) is 23.4. The van der Waals surface area contributed by atoms with Gasteiger partial charge in [0.25, 0.3) is 0 Å². The molecule has 34 heavy (non-hydrogen) atoms. The number of nitrogens with zero attached hydrogens (tertiary/aromatic N) is 7. The fraction of sp³-hybridized carbons (Fsp3) is 0.348. The number of nitrogens with two attached hydrogens (primary N) is 1. The maximum absolute atomic E-state index is 13.9. The third kappa shape index (κ3) is 3.30. The Kier molecular flexibility index (Phi) is 4.61. The first kappa shape index (κ1) is 20.7. The molecule has 3 aromatic heterocycles. The minimum Gasteiger partial charge on any atom is -0.368 e. The van der Waals surface area contributed by atoms with Crippen LogP contribution in [0.3, 0.4) is 0 Å². The number of aromatic nitrogens is 7. The van der Waals surface area contributed by atoms with E-state index in [1.165, 1.54) is 12.1 Å². The van der Waals surface area contributed by atoms with Crippen LogP contribution in [0, 0.1) is 11.6 Å². The number of hydrogen-bond acceptors (Lipinski definition) is 7. The molecule has 4 aromatic rings. The molecule has 1 atom stereocenters. The van der Waals surface area contributed by atoms with Gasteiger partial charge in [0.2, 0.25) is 5.95 Å². The first-order valence-corrected chi connectivity index (χ1v) is 11.1. The van der Waals surface area contributed by atoms with E-state index in [1.807, 2.05) is 6.20 Å². The van der Waals surface area contributed by atoms with Crippen molar-refractivity contribution in [1.29, 1.82) is 0 Å². The van der Waals surface area contributed by atoms with Gasteiger partial charge in [-0.25, -0.2) is 23.7 Å². The Balaban J connectivity index is 1.41. The van der Waals surface area contributed by atoms with Crippen molar-refractivity contribution >= 4 is 11.8 Å². The highest BCUT2D eigenvalue weighted by atomic mass is 19.2. The predicted molar refractivity (Wildman–Crippen MR) is 121 cm³/mol. The van der Waals surface area contributed by atoms with Crippen molar-refractivity contribution in [2.24, 2.45) is 0 Å². The van der Waals surface area contributed by atoms with Crippen LogP contribution in [0.5, 0.6) is 0 Å². The van der Waals surface area contributed by atoms with Gasteiger partial charge in [-0.1, -0.05) is 6.92 Å². The fourth-order valence-corrected chi connectivity index (χ4v) is 5.24. The molecular formula is C23H23F2N9. The molecule has 2 aliphatic rings. The minimum absolute atomic E-state index is 0.0554. The molecule has 11 heteroatoms. The van der Waals surface area contributed by atoms with Crippen LogP contribution in [0.4, 0.5) is 20.5 Å². The molecule has 1 unspecified atom stereocenters. The molecule has 1 aliphatic heterocycles. The molecule has 0 saturated carbocycles. The van der Waals surface area contributed by atoms with Crippen LogP contribution in [0.15, 0.2) is 36.9 Å². The van der Waals surface area contributed by atoms with Crippen LogP contribution < -0.4 is 10.6 Å². The van der Waals surface area contributed by atoms with Gasteiger partial charge in [-0.3, -0.25) is 0 Å². The van der Waals surface area contributed by atoms with Crippen LogP contribution in [0.2, 0.25) is 0 Å². The quantitative estimate of drug-likeness (QED) is 0.478. The third-order valence-corrected chi connectivity index (χ3v) is 7.06. The summed E-state index contributed by atoms with van der Waals surface area (Å²) in [5, 5.41) is 11.0. The van der Waals surface area contributed by atoms with Crippen molar-refractivity contribution in [2.45, 2.75) is 37.6 Å². The fourth-order valence-electron chi connectivity index (χ4n) is 5.24. The second-order valence-electron chi connectivity index (χ2n) is 9.32. The van der Waals surface area contributed by atoms with Gasteiger partial charge < -0.3 is 15.2 Å². The number of rotatable bonds is 4. The summed E-state index contributed by atoms with van der Waals surface area (Å²) in [7, 11) is 0. The number of H-pyrrole nitrogens is 1. The first-order chi connectivity index (χ1) is 16.4. The van der Waals surface area contributed by atoms with Gasteiger partial charge >= 0.3 is 0 Å². The molecule has 1 aliphatic carbocycles. The summed E-state index contributed by atoms with van der Waals surface area (Å²) in [5.74, 6) is 0.187. The van der Waals surface area contributed by atoms with E-state index >= 15 is 0 Å².